The summed E-state index contributed by atoms with van der Waals surface area (Å²) in [7, 11) is 1.57. The van der Waals surface area contributed by atoms with Gasteiger partial charge in [0, 0.05) is 17.0 Å². The van der Waals surface area contributed by atoms with E-state index in [0.717, 1.165) is 5.39 Å². The number of nitrogens with one attached hydrogen (secondary N) is 1. The predicted octanol–water partition coefficient (Wildman–Crippen LogP) is 2.21. The molecule has 1 unspecified atom stereocenters. The predicted molar refractivity (Wildman–Crippen MR) is 68.7 cm³/mol. The van der Waals surface area contributed by atoms with Crippen molar-refractivity contribution in [3.05, 3.63) is 39.1 Å². The first-order valence-corrected chi connectivity index (χ1v) is 5.57. The lowest BCUT2D eigenvalue weighted by Gasteiger charge is -2.10. The van der Waals surface area contributed by atoms with Crippen LogP contribution in [0.25, 0.3) is 10.9 Å². The Morgan fingerprint density at radius 1 is 1.47 bits per heavy atom. The maximum absolute atomic E-state index is 11.8. The highest BCUT2D eigenvalue weighted by molar-refractivity contribution is 6.35. The Kier molecular flexibility index (Phi) is 3.09. The molecule has 90 valence electrons. The lowest BCUT2D eigenvalue weighted by Crippen LogP contribution is -2.19. The summed E-state index contributed by atoms with van der Waals surface area (Å²) in [6, 6.07) is 4.83. The van der Waals surface area contributed by atoms with Gasteiger partial charge in [-0.1, -0.05) is 11.6 Å². The van der Waals surface area contributed by atoms with Crippen molar-refractivity contribution in [3.8, 4) is 5.75 Å². The maximum atomic E-state index is 11.8. The average Bonchev–Trinajstić information content (AvgIpc) is 2.29. The third-order valence-corrected chi connectivity index (χ3v) is 2.98. The Hall–Kier alpha value is -1.52. The molecule has 17 heavy (non-hydrogen) atoms. The zero-order valence-corrected chi connectivity index (χ0v) is 10.3. The number of nitrogens with two attached hydrogens (primary N) is 1. The quantitative estimate of drug-likeness (QED) is 0.861. The van der Waals surface area contributed by atoms with E-state index in [9.17, 15) is 4.79 Å². The normalized spacial score (nSPS) is 12.7. The van der Waals surface area contributed by atoms with E-state index in [1.807, 2.05) is 0 Å². The van der Waals surface area contributed by atoms with E-state index < -0.39 is 0 Å². The molecule has 0 saturated carbocycles. The summed E-state index contributed by atoms with van der Waals surface area (Å²) in [5.74, 6) is 0.655. The summed E-state index contributed by atoms with van der Waals surface area (Å²) in [5.41, 5.74) is 6.60. The second kappa shape index (κ2) is 4.39. The molecule has 1 aromatic carbocycles. The second-order valence-electron chi connectivity index (χ2n) is 3.88. The molecule has 2 aromatic rings. The van der Waals surface area contributed by atoms with E-state index in [1.54, 1.807) is 32.2 Å². The fourth-order valence-corrected chi connectivity index (χ4v) is 1.98. The van der Waals surface area contributed by atoms with Crippen LogP contribution in [0.2, 0.25) is 5.02 Å². The second-order valence-corrected chi connectivity index (χ2v) is 4.29. The molecule has 5 heteroatoms. The number of methoxy groups -OCH3 is 1. The van der Waals surface area contributed by atoms with Crippen LogP contribution in [0.4, 0.5) is 0 Å². The van der Waals surface area contributed by atoms with E-state index in [1.165, 1.54) is 0 Å². The van der Waals surface area contributed by atoms with Crippen molar-refractivity contribution < 1.29 is 4.74 Å². The number of pyridine rings is 1. The third-order valence-electron chi connectivity index (χ3n) is 2.67. The van der Waals surface area contributed by atoms with Crippen LogP contribution in [-0.2, 0) is 0 Å². The Bertz CT molecular complexity index is 620. The number of hydrogen-bond acceptors (Lipinski definition) is 3. The van der Waals surface area contributed by atoms with Crippen LogP contribution in [0.1, 0.15) is 18.5 Å². The summed E-state index contributed by atoms with van der Waals surface area (Å²) in [5, 5.41) is 1.24. The van der Waals surface area contributed by atoms with E-state index in [2.05, 4.69) is 4.98 Å². The van der Waals surface area contributed by atoms with Crippen molar-refractivity contribution in [3.63, 3.8) is 0 Å². The minimum Gasteiger partial charge on any atom is -0.496 e. The standard InChI is InChI=1S/C12H13ClN2O2/c1-6(14)7-5-8-10(17-2)4-3-9(13)11(8)15-12(7)16/h3-6H,14H2,1-2H3,(H,15,16). The summed E-state index contributed by atoms with van der Waals surface area (Å²) in [6.45, 7) is 1.76. The van der Waals surface area contributed by atoms with Gasteiger partial charge >= 0.3 is 0 Å². The van der Waals surface area contributed by atoms with Gasteiger partial charge in [-0.25, -0.2) is 0 Å². The summed E-state index contributed by atoms with van der Waals surface area (Å²) in [6.07, 6.45) is 0. The van der Waals surface area contributed by atoms with E-state index >= 15 is 0 Å². The molecule has 0 spiro atoms. The first-order valence-electron chi connectivity index (χ1n) is 5.19. The Morgan fingerprint density at radius 2 is 2.18 bits per heavy atom. The number of H-pyrrole nitrogens is 1. The highest BCUT2D eigenvalue weighted by atomic mass is 35.5. The molecular formula is C12H13ClN2O2. The first-order chi connectivity index (χ1) is 8.04. The van der Waals surface area contributed by atoms with Gasteiger partial charge in [-0.15, -0.1) is 0 Å². The molecule has 2 rings (SSSR count). The number of fused-ring (bicyclic) bond motifs is 1. The van der Waals surface area contributed by atoms with E-state index in [0.29, 0.717) is 21.9 Å². The largest absolute Gasteiger partial charge is 0.496 e. The highest BCUT2D eigenvalue weighted by Crippen LogP contribution is 2.30. The zero-order valence-electron chi connectivity index (χ0n) is 9.58. The van der Waals surface area contributed by atoms with Crippen molar-refractivity contribution in [1.82, 2.24) is 4.98 Å². The first kappa shape index (κ1) is 12.0. The number of ether oxygens (including phenoxy) is 1. The topological polar surface area (TPSA) is 68.1 Å². The molecule has 0 saturated heterocycles. The molecule has 1 atom stereocenters. The number of hydrogen-bond donors (Lipinski definition) is 2. The fourth-order valence-electron chi connectivity index (χ4n) is 1.77. The number of benzene rings is 1. The van der Waals surface area contributed by atoms with Gasteiger partial charge in [0.15, 0.2) is 0 Å². The lowest BCUT2D eigenvalue weighted by atomic mass is 10.1. The molecule has 1 heterocycles. The minimum absolute atomic E-state index is 0.220. The van der Waals surface area contributed by atoms with Crippen molar-refractivity contribution in [1.29, 1.82) is 0 Å². The van der Waals surface area contributed by atoms with Gasteiger partial charge in [0.05, 0.1) is 17.6 Å². The molecule has 0 aliphatic rings. The molecule has 0 fully saturated rings. The molecule has 0 radical (unpaired) electrons. The highest BCUT2D eigenvalue weighted by Gasteiger charge is 2.11. The van der Waals surface area contributed by atoms with Gasteiger partial charge in [-0.05, 0) is 25.1 Å². The van der Waals surface area contributed by atoms with Gasteiger partial charge < -0.3 is 15.5 Å². The number of aromatic amines is 1. The van der Waals surface area contributed by atoms with Crippen molar-refractivity contribution in [2.45, 2.75) is 13.0 Å². The maximum Gasteiger partial charge on any atom is 0.253 e. The number of rotatable bonds is 2. The average molecular weight is 253 g/mol. The van der Waals surface area contributed by atoms with Crippen molar-refractivity contribution in [2.75, 3.05) is 7.11 Å². The molecule has 4 nitrogen and oxygen atoms in total. The number of aromatic nitrogens is 1. The van der Waals surface area contributed by atoms with E-state index in [-0.39, 0.29) is 11.6 Å². The van der Waals surface area contributed by atoms with Crippen LogP contribution in [0.5, 0.6) is 5.75 Å². The zero-order chi connectivity index (χ0) is 12.6. The van der Waals surface area contributed by atoms with Crippen molar-refractivity contribution in [2.24, 2.45) is 5.73 Å². The fraction of sp³-hybridized carbons (Fsp3) is 0.250. The molecule has 3 N–H and O–H groups in total. The molecule has 0 bridgehead atoms. The van der Waals surface area contributed by atoms with E-state index in [4.69, 9.17) is 22.1 Å². The molecule has 0 aliphatic carbocycles. The van der Waals surface area contributed by atoms with Crippen LogP contribution < -0.4 is 16.0 Å². The Morgan fingerprint density at radius 3 is 2.76 bits per heavy atom. The van der Waals surface area contributed by atoms with Gasteiger partial charge in [0.25, 0.3) is 5.56 Å². The Labute approximate surface area is 103 Å². The van der Waals surface area contributed by atoms with Crippen LogP contribution >= 0.6 is 11.6 Å². The summed E-state index contributed by atoms with van der Waals surface area (Å²) in [4.78, 5) is 14.5. The van der Waals surface area contributed by atoms with Crippen LogP contribution in [0.3, 0.4) is 0 Å². The van der Waals surface area contributed by atoms with Crippen LogP contribution in [0.15, 0.2) is 23.0 Å². The van der Waals surface area contributed by atoms with Gasteiger partial charge in [-0.2, -0.15) is 0 Å². The van der Waals surface area contributed by atoms with Crippen LogP contribution in [-0.4, -0.2) is 12.1 Å². The molecule has 0 amide bonds. The number of halogens is 1. The SMILES string of the molecule is COc1ccc(Cl)c2[nH]c(=O)c(C(C)N)cc12. The monoisotopic (exact) mass is 252 g/mol. The Balaban J connectivity index is 2.87. The van der Waals surface area contributed by atoms with Gasteiger partial charge in [-0.3, -0.25) is 4.79 Å². The summed E-state index contributed by atoms with van der Waals surface area (Å²) < 4.78 is 5.24. The third kappa shape index (κ3) is 2.01. The van der Waals surface area contributed by atoms with Crippen molar-refractivity contribution >= 4 is 22.5 Å². The van der Waals surface area contributed by atoms with Gasteiger partial charge in [0.2, 0.25) is 0 Å². The summed E-state index contributed by atoms with van der Waals surface area (Å²) >= 11 is 6.03. The molecule has 0 aliphatic heterocycles. The van der Waals surface area contributed by atoms with Crippen LogP contribution in [0, 0.1) is 0 Å². The molecule has 1 aromatic heterocycles. The molecular weight excluding hydrogens is 240 g/mol. The smallest absolute Gasteiger partial charge is 0.253 e. The van der Waals surface area contributed by atoms with Gasteiger partial charge in [0.1, 0.15) is 5.75 Å². The minimum atomic E-state index is -0.341. The lowest BCUT2D eigenvalue weighted by molar-refractivity contribution is 0.419.